The summed E-state index contributed by atoms with van der Waals surface area (Å²) in [7, 11) is -1.78. The van der Waals surface area contributed by atoms with Crippen LogP contribution in [0.1, 0.15) is 24.8 Å². The van der Waals surface area contributed by atoms with Crippen molar-refractivity contribution in [3.63, 3.8) is 0 Å². The second kappa shape index (κ2) is 6.54. The topological polar surface area (TPSA) is 40.6 Å². The van der Waals surface area contributed by atoms with Gasteiger partial charge in [-0.25, -0.2) is 0 Å². The van der Waals surface area contributed by atoms with Gasteiger partial charge in [0.1, 0.15) is 0 Å². The van der Waals surface area contributed by atoms with Crippen LogP contribution in [0.4, 0.5) is 0 Å². The van der Waals surface area contributed by atoms with Crippen LogP contribution in [-0.4, -0.2) is 42.5 Å². The first-order valence-electron chi connectivity index (χ1n) is 6.36. The number of nitrogens with zero attached hydrogens (tertiary/aromatic N) is 2. The molecule has 1 aromatic rings. The monoisotopic (exact) mass is 322 g/mol. The molecule has 0 aliphatic carbocycles. The molecule has 1 aromatic heterocycles. The lowest BCUT2D eigenvalue weighted by atomic mass is 10.1. The van der Waals surface area contributed by atoms with E-state index >= 15 is 0 Å². The van der Waals surface area contributed by atoms with Gasteiger partial charge in [0.2, 0.25) is 0 Å². The van der Waals surface area contributed by atoms with Crippen molar-refractivity contribution in [2.45, 2.75) is 31.8 Å². The van der Waals surface area contributed by atoms with E-state index in [0.29, 0.717) is 19.0 Å². The molecule has 1 aliphatic heterocycles. The van der Waals surface area contributed by atoms with Gasteiger partial charge in [0, 0.05) is 32.1 Å². The third-order valence-electron chi connectivity index (χ3n) is 3.43. The molecule has 0 aromatic carbocycles. The van der Waals surface area contributed by atoms with Crippen LogP contribution in [-0.2, 0) is 16.8 Å². The largest absolute Gasteiger partial charge is 0.282 e. The number of hydrogen-bond acceptors (Lipinski definition) is 3. The molecule has 1 aliphatic rings. The molecule has 0 radical (unpaired) electrons. The van der Waals surface area contributed by atoms with Gasteiger partial charge in [-0.15, -0.1) is 11.6 Å². The Balaban J connectivity index is 2.11. The predicted molar refractivity (Wildman–Crippen MR) is 79.8 cm³/mol. The first kappa shape index (κ1) is 15.3. The van der Waals surface area contributed by atoms with Crippen LogP contribution in [0.25, 0.3) is 0 Å². The number of hydrogen-bond donors (Lipinski definition) is 0. The molecule has 1 atom stereocenters. The molecule has 7 heteroatoms. The van der Waals surface area contributed by atoms with Crippen molar-refractivity contribution >= 4 is 33.1 Å². The van der Waals surface area contributed by atoms with Crippen LogP contribution in [0.5, 0.6) is 0 Å². The van der Waals surface area contributed by atoms with Gasteiger partial charge < -0.3 is 0 Å². The van der Waals surface area contributed by atoms with Gasteiger partial charge in [0.25, 0.3) is 10.2 Å². The Morgan fingerprint density at radius 3 is 2.95 bits per heavy atom. The van der Waals surface area contributed by atoms with Crippen molar-refractivity contribution < 1.29 is 8.42 Å². The second-order valence-electron chi connectivity index (χ2n) is 4.81. The van der Waals surface area contributed by atoms with Crippen molar-refractivity contribution in [3.8, 4) is 0 Å². The summed E-state index contributed by atoms with van der Waals surface area (Å²) in [6, 6.07) is 1.89. The summed E-state index contributed by atoms with van der Waals surface area (Å²) < 4.78 is 28.1. The van der Waals surface area contributed by atoms with Crippen LogP contribution in [0, 0.1) is 0 Å². The molecule has 1 fully saturated rings. The standard InChI is InChI=1S/C12H19ClN2O2S2/c1-14(9-11-5-7-18-10-11)19(16,17)15-6-3-2-4-12(15)8-13/h5,7,10,12H,2-4,6,8-9H2,1H3. The Kier molecular flexibility index (Phi) is 5.25. The Morgan fingerprint density at radius 2 is 2.32 bits per heavy atom. The highest BCUT2D eigenvalue weighted by molar-refractivity contribution is 7.86. The van der Waals surface area contributed by atoms with Crippen molar-refractivity contribution in [1.82, 2.24) is 8.61 Å². The van der Waals surface area contributed by atoms with E-state index in [1.54, 1.807) is 22.7 Å². The zero-order valence-electron chi connectivity index (χ0n) is 11.0. The first-order chi connectivity index (χ1) is 9.05. The van der Waals surface area contributed by atoms with Gasteiger partial charge >= 0.3 is 0 Å². The molecule has 2 rings (SSSR count). The summed E-state index contributed by atoms with van der Waals surface area (Å²) in [5, 5.41) is 3.93. The lowest BCUT2D eigenvalue weighted by Gasteiger charge is -2.36. The first-order valence-corrected chi connectivity index (χ1v) is 9.23. The lowest BCUT2D eigenvalue weighted by Crippen LogP contribution is -2.50. The van der Waals surface area contributed by atoms with Crippen molar-refractivity contribution in [2.24, 2.45) is 0 Å². The second-order valence-corrected chi connectivity index (χ2v) is 7.89. The summed E-state index contributed by atoms with van der Waals surface area (Å²) in [5.41, 5.74) is 1.02. The zero-order valence-corrected chi connectivity index (χ0v) is 13.3. The van der Waals surface area contributed by atoms with Crippen LogP contribution >= 0.6 is 22.9 Å². The van der Waals surface area contributed by atoms with Gasteiger partial charge in [-0.1, -0.05) is 6.42 Å². The van der Waals surface area contributed by atoms with Crippen molar-refractivity contribution in [2.75, 3.05) is 19.5 Å². The van der Waals surface area contributed by atoms with E-state index in [1.807, 2.05) is 16.8 Å². The molecule has 108 valence electrons. The number of rotatable bonds is 5. The average molecular weight is 323 g/mol. The SMILES string of the molecule is CN(Cc1ccsc1)S(=O)(=O)N1CCCCC1CCl. The minimum atomic E-state index is -3.41. The van der Waals surface area contributed by atoms with Crippen molar-refractivity contribution in [3.05, 3.63) is 22.4 Å². The highest BCUT2D eigenvalue weighted by Gasteiger charge is 2.34. The van der Waals surface area contributed by atoms with Crippen LogP contribution in [0.15, 0.2) is 16.8 Å². The molecule has 0 saturated carbocycles. The van der Waals surface area contributed by atoms with E-state index in [1.165, 1.54) is 4.31 Å². The molecule has 1 saturated heterocycles. The summed E-state index contributed by atoms with van der Waals surface area (Å²) >= 11 is 7.48. The Labute approximate surface area is 124 Å². The van der Waals surface area contributed by atoms with E-state index in [0.717, 1.165) is 24.8 Å². The van der Waals surface area contributed by atoms with Crippen LogP contribution in [0.2, 0.25) is 0 Å². The Bertz CT molecular complexity index is 490. The van der Waals surface area contributed by atoms with Crippen LogP contribution < -0.4 is 0 Å². The molecule has 1 unspecified atom stereocenters. The maximum atomic E-state index is 12.6. The quantitative estimate of drug-likeness (QED) is 0.782. The normalized spacial score (nSPS) is 21.9. The minimum absolute atomic E-state index is 0.0645. The van der Waals surface area contributed by atoms with Gasteiger partial charge in [0.05, 0.1) is 0 Å². The summed E-state index contributed by atoms with van der Waals surface area (Å²) in [5.74, 6) is 0.367. The molecule has 2 heterocycles. The maximum Gasteiger partial charge on any atom is 0.282 e. The van der Waals surface area contributed by atoms with E-state index in [-0.39, 0.29) is 6.04 Å². The lowest BCUT2D eigenvalue weighted by molar-refractivity contribution is 0.251. The summed E-state index contributed by atoms with van der Waals surface area (Å²) in [4.78, 5) is 0. The molecule has 0 spiro atoms. The fourth-order valence-electron chi connectivity index (χ4n) is 2.33. The fraction of sp³-hybridized carbons (Fsp3) is 0.667. The molecule has 4 nitrogen and oxygen atoms in total. The molecule has 19 heavy (non-hydrogen) atoms. The average Bonchev–Trinajstić information content (AvgIpc) is 2.91. The number of thiophene rings is 1. The molecular formula is C12H19ClN2O2S2. The highest BCUT2D eigenvalue weighted by Crippen LogP contribution is 2.24. The van der Waals surface area contributed by atoms with Gasteiger partial charge in [-0.2, -0.15) is 28.4 Å². The third kappa shape index (κ3) is 3.49. The van der Waals surface area contributed by atoms with Crippen molar-refractivity contribution in [1.29, 1.82) is 0 Å². The summed E-state index contributed by atoms with van der Waals surface area (Å²) in [6.07, 6.45) is 2.82. The minimum Gasteiger partial charge on any atom is -0.195 e. The van der Waals surface area contributed by atoms with Crippen LogP contribution in [0.3, 0.4) is 0 Å². The van der Waals surface area contributed by atoms with Gasteiger partial charge in [-0.3, -0.25) is 0 Å². The zero-order chi connectivity index (χ0) is 13.9. The van der Waals surface area contributed by atoms with E-state index in [9.17, 15) is 8.42 Å². The summed E-state index contributed by atoms with van der Waals surface area (Å²) in [6.45, 7) is 0.991. The van der Waals surface area contributed by atoms with Gasteiger partial charge in [-0.05, 0) is 35.2 Å². The highest BCUT2D eigenvalue weighted by atomic mass is 35.5. The van der Waals surface area contributed by atoms with E-state index < -0.39 is 10.2 Å². The molecule has 0 amide bonds. The number of alkyl halides is 1. The maximum absolute atomic E-state index is 12.6. The molecular weight excluding hydrogens is 304 g/mol. The smallest absolute Gasteiger partial charge is 0.195 e. The Morgan fingerprint density at radius 1 is 1.53 bits per heavy atom. The molecule has 0 N–H and O–H groups in total. The van der Waals surface area contributed by atoms with E-state index in [2.05, 4.69) is 0 Å². The number of halogens is 1. The fourth-order valence-corrected chi connectivity index (χ4v) is 4.98. The van der Waals surface area contributed by atoms with E-state index in [4.69, 9.17) is 11.6 Å². The number of piperidine rings is 1. The van der Waals surface area contributed by atoms with Gasteiger partial charge in [0.15, 0.2) is 0 Å². The molecule has 0 bridgehead atoms. The Hall–Kier alpha value is -0.140. The predicted octanol–water partition coefficient (Wildman–Crippen LogP) is 2.52. The third-order valence-corrected chi connectivity index (χ3v) is 6.51.